The zero-order chi connectivity index (χ0) is 12.3. The number of nitrogens with zero attached hydrogens (tertiary/aromatic N) is 1. The van der Waals surface area contributed by atoms with Crippen LogP contribution in [0.25, 0.3) is 0 Å². The summed E-state index contributed by atoms with van der Waals surface area (Å²) < 4.78 is 0. The first-order chi connectivity index (χ1) is 8.20. The zero-order valence-electron chi connectivity index (χ0n) is 10.7. The maximum atomic E-state index is 6.27. The van der Waals surface area contributed by atoms with Crippen LogP contribution in [0.4, 0.5) is 5.69 Å². The number of nitrogens with one attached hydrogen (secondary N) is 1. The van der Waals surface area contributed by atoms with Gasteiger partial charge in [-0.15, -0.1) is 0 Å². The standard InChI is InChI=1S/C14H21ClN2/c1-16-9-12-6-7-13(8-14(12)15)17(2)10-11-4-3-5-11/h6-8,11,16H,3-5,9-10H2,1-2H3. The first kappa shape index (κ1) is 12.7. The minimum absolute atomic E-state index is 0.825. The van der Waals surface area contributed by atoms with Crippen molar-refractivity contribution >= 4 is 17.3 Å². The van der Waals surface area contributed by atoms with Crippen molar-refractivity contribution in [1.29, 1.82) is 0 Å². The highest BCUT2D eigenvalue weighted by atomic mass is 35.5. The highest BCUT2D eigenvalue weighted by Crippen LogP contribution is 2.29. The molecule has 1 aliphatic rings. The van der Waals surface area contributed by atoms with Gasteiger partial charge in [-0.3, -0.25) is 0 Å². The molecule has 0 unspecified atom stereocenters. The Bertz CT molecular complexity index is 374. The molecule has 1 fully saturated rings. The second-order valence-electron chi connectivity index (χ2n) is 4.98. The van der Waals surface area contributed by atoms with Crippen LogP contribution in [0.2, 0.25) is 5.02 Å². The molecule has 1 aliphatic carbocycles. The molecule has 0 amide bonds. The molecule has 17 heavy (non-hydrogen) atoms. The molecule has 0 aliphatic heterocycles. The van der Waals surface area contributed by atoms with Crippen molar-refractivity contribution in [3.05, 3.63) is 28.8 Å². The summed E-state index contributed by atoms with van der Waals surface area (Å²) in [6.07, 6.45) is 4.17. The Hall–Kier alpha value is -0.730. The predicted octanol–water partition coefficient (Wildman–Crippen LogP) is 3.30. The van der Waals surface area contributed by atoms with E-state index in [1.54, 1.807) is 0 Å². The van der Waals surface area contributed by atoms with Crippen LogP contribution < -0.4 is 10.2 Å². The molecule has 2 rings (SSSR count). The normalized spacial score (nSPS) is 15.7. The molecular weight excluding hydrogens is 232 g/mol. The van der Waals surface area contributed by atoms with Crippen LogP contribution in [-0.2, 0) is 6.54 Å². The molecule has 0 aromatic heterocycles. The quantitative estimate of drug-likeness (QED) is 0.865. The lowest BCUT2D eigenvalue weighted by atomic mass is 9.85. The second kappa shape index (κ2) is 5.74. The minimum atomic E-state index is 0.825. The van der Waals surface area contributed by atoms with Gasteiger partial charge in [-0.1, -0.05) is 24.1 Å². The monoisotopic (exact) mass is 252 g/mol. The molecule has 1 saturated carbocycles. The van der Waals surface area contributed by atoms with Crippen LogP contribution in [-0.4, -0.2) is 20.6 Å². The smallest absolute Gasteiger partial charge is 0.0471 e. The molecule has 94 valence electrons. The van der Waals surface area contributed by atoms with Gasteiger partial charge in [-0.25, -0.2) is 0 Å². The minimum Gasteiger partial charge on any atom is -0.374 e. The van der Waals surface area contributed by atoms with Gasteiger partial charge in [0.25, 0.3) is 0 Å². The molecule has 1 N–H and O–H groups in total. The van der Waals surface area contributed by atoms with E-state index in [4.69, 9.17) is 11.6 Å². The largest absolute Gasteiger partial charge is 0.374 e. The van der Waals surface area contributed by atoms with Crippen molar-refractivity contribution in [1.82, 2.24) is 5.32 Å². The van der Waals surface area contributed by atoms with Gasteiger partial charge < -0.3 is 10.2 Å². The van der Waals surface area contributed by atoms with E-state index in [0.717, 1.165) is 29.6 Å². The van der Waals surface area contributed by atoms with Gasteiger partial charge >= 0.3 is 0 Å². The van der Waals surface area contributed by atoms with E-state index in [1.165, 1.54) is 24.9 Å². The molecule has 0 heterocycles. The molecule has 0 saturated heterocycles. The molecule has 1 aromatic rings. The Morgan fingerprint density at radius 1 is 1.41 bits per heavy atom. The molecule has 2 nitrogen and oxygen atoms in total. The van der Waals surface area contributed by atoms with Crippen LogP contribution in [0.5, 0.6) is 0 Å². The maximum Gasteiger partial charge on any atom is 0.0471 e. The molecular formula is C14H21ClN2. The molecule has 0 atom stereocenters. The van der Waals surface area contributed by atoms with E-state index in [9.17, 15) is 0 Å². The Balaban J connectivity index is 2.02. The Kier molecular flexibility index (Phi) is 4.30. The average molecular weight is 253 g/mol. The van der Waals surface area contributed by atoms with E-state index in [-0.39, 0.29) is 0 Å². The SMILES string of the molecule is CNCc1ccc(N(C)CC2CCC2)cc1Cl. The van der Waals surface area contributed by atoms with Crippen molar-refractivity contribution in [2.75, 3.05) is 25.5 Å². The Labute approximate surface area is 109 Å². The summed E-state index contributed by atoms with van der Waals surface area (Å²) >= 11 is 6.27. The first-order valence-electron chi connectivity index (χ1n) is 6.35. The Morgan fingerprint density at radius 2 is 2.18 bits per heavy atom. The van der Waals surface area contributed by atoms with E-state index >= 15 is 0 Å². The summed E-state index contributed by atoms with van der Waals surface area (Å²) in [5.41, 5.74) is 2.39. The van der Waals surface area contributed by atoms with Gasteiger partial charge in [0, 0.05) is 30.8 Å². The van der Waals surface area contributed by atoms with Gasteiger partial charge in [0.15, 0.2) is 0 Å². The number of benzene rings is 1. The van der Waals surface area contributed by atoms with Crippen LogP contribution in [0.3, 0.4) is 0 Å². The van der Waals surface area contributed by atoms with Crippen LogP contribution in [0.1, 0.15) is 24.8 Å². The van der Waals surface area contributed by atoms with Crippen molar-refractivity contribution in [2.24, 2.45) is 5.92 Å². The number of rotatable bonds is 5. The van der Waals surface area contributed by atoms with E-state index in [1.807, 2.05) is 7.05 Å². The predicted molar refractivity (Wildman–Crippen MR) is 74.8 cm³/mol. The fraction of sp³-hybridized carbons (Fsp3) is 0.571. The van der Waals surface area contributed by atoms with Gasteiger partial charge in [0.05, 0.1) is 0 Å². The summed E-state index contributed by atoms with van der Waals surface area (Å²) in [6.45, 7) is 1.98. The van der Waals surface area contributed by atoms with Crippen molar-refractivity contribution in [3.8, 4) is 0 Å². The number of hydrogen-bond acceptors (Lipinski definition) is 2. The first-order valence-corrected chi connectivity index (χ1v) is 6.72. The molecule has 1 aromatic carbocycles. The zero-order valence-corrected chi connectivity index (χ0v) is 11.4. The third-order valence-corrected chi connectivity index (χ3v) is 3.95. The summed E-state index contributed by atoms with van der Waals surface area (Å²) in [5, 5.41) is 3.98. The molecule has 3 heteroatoms. The van der Waals surface area contributed by atoms with Crippen molar-refractivity contribution in [3.63, 3.8) is 0 Å². The van der Waals surface area contributed by atoms with Crippen LogP contribution in [0, 0.1) is 5.92 Å². The second-order valence-corrected chi connectivity index (χ2v) is 5.39. The van der Waals surface area contributed by atoms with Crippen LogP contribution >= 0.6 is 11.6 Å². The number of halogens is 1. The fourth-order valence-corrected chi connectivity index (χ4v) is 2.52. The summed E-state index contributed by atoms with van der Waals surface area (Å²) in [6, 6.07) is 6.36. The average Bonchev–Trinajstić information content (AvgIpc) is 2.26. The highest BCUT2D eigenvalue weighted by Gasteiger charge is 2.19. The number of anilines is 1. The van der Waals surface area contributed by atoms with E-state index < -0.39 is 0 Å². The molecule has 0 bridgehead atoms. The van der Waals surface area contributed by atoms with E-state index in [2.05, 4.69) is 35.5 Å². The lowest BCUT2D eigenvalue weighted by molar-refractivity contribution is 0.321. The fourth-order valence-electron chi connectivity index (χ4n) is 2.28. The van der Waals surface area contributed by atoms with Gasteiger partial charge in [-0.2, -0.15) is 0 Å². The highest BCUT2D eigenvalue weighted by molar-refractivity contribution is 6.31. The topological polar surface area (TPSA) is 15.3 Å². The summed E-state index contributed by atoms with van der Waals surface area (Å²) in [5.74, 6) is 0.885. The molecule has 0 radical (unpaired) electrons. The summed E-state index contributed by atoms with van der Waals surface area (Å²) in [7, 11) is 4.09. The Morgan fingerprint density at radius 3 is 2.71 bits per heavy atom. The third kappa shape index (κ3) is 3.14. The van der Waals surface area contributed by atoms with Crippen LogP contribution in [0.15, 0.2) is 18.2 Å². The lowest BCUT2D eigenvalue weighted by Crippen LogP contribution is -2.29. The third-order valence-electron chi connectivity index (χ3n) is 3.60. The van der Waals surface area contributed by atoms with Crippen molar-refractivity contribution in [2.45, 2.75) is 25.8 Å². The van der Waals surface area contributed by atoms with Gasteiger partial charge in [-0.05, 0) is 43.5 Å². The summed E-state index contributed by atoms with van der Waals surface area (Å²) in [4.78, 5) is 2.32. The molecule has 0 spiro atoms. The van der Waals surface area contributed by atoms with Gasteiger partial charge in [0.1, 0.15) is 0 Å². The number of hydrogen-bond donors (Lipinski definition) is 1. The van der Waals surface area contributed by atoms with Gasteiger partial charge in [0.2, 0.25) is 0 Å². The van der Waals surface area contributed by atoms with Crippen molar-refractivity contribution < 1.29 is 0 Å². The van der Waals surface area contributed by atoms with E-state index in [0.29, 0.717) is 0 Å². The maximum absolute atomic E-state index is 6.27. The lowest BCUT2D eigenvalue weighted by Gasteiger charge is -2.31.